The monoisotopic (exact) mass is 264 g/mol. The Morgan fingerprint density at radius 1 is 1.56 bits per heavy atom. The molecule has 0 amide bonds. The third-order valence-electron chi connectivity index (χ3n) is 1.83. The fourth-order valence-corrected chi connectivity index (χ4v) is 2.49. The number of aliphatic hydroxyl groups excluding tert-OH is 1. The molecule has 0 aliphatic heterocycles. The van der Waals surface area contributed by atoms with Crippen molar-refractivity contribution in [3.05, 3.63) is 23.2 Å². The number of anilines is 1. The molecule has 0 fully saturated rings. The summed E-state index contributed by atoms with van der Waals surface area (Å²) in [5.41, 5.74) is 5.62. The van der Waals surface area contributed by atoms with E-state index < -0.39 is 16.1 Å². The summed E-state index contributed by atoms with van der Waals surface area (Å²) in [6.07, 6.45) is -0.761. The van der Waals surface area contributed by atoms with Crippen molar-refractivity contribution in [3.8, 4) is 0 Å². The van der Waals surface area contributed by atoms with Gasteiger partial charge in [-0.15, -0.1) is 0 Å². The molecule has 0 aromatic heterocycles. The van der Waals surface area contributed by atoms with Gasteiger partial charge in [-0.25, -0.2) is 13.1 Å². The van der Waals surface area contributed by atoms with Gasteiger partial charge in [0.15, 0.2) is 0 Å². The zero-order valence-electron chi connectivity index (χ0n) is 8.64. The number of hydrogen-bond donors (Lipinski definition) is 3. The van der Waals surface area contributed by atoms with E-state index in [9.17, 15) is 8.42 Å². The second-order valence-corrected chi connectivity index (χ2v) is 5.55. The lowest BCUT2D eigenvalue weighted by Gasteiger charge is -2.10. The average molecular weight is 265 g/mol. The Morgan fingerprint density at radius 2 is 2.19 bits per heavy atom. The van der Waals surface area contributed by atoms with Gasteiger partial charge in [0.25, 0.3) is 0 Å². The van der Waals surface area contributed by atoms with E-state index >= 15 is 0 Å². The topological polar surface area (TPSA) is 92.4 Å². The molecule has 4 N–H and O–H groups in total. The number of rotatable bonds is 4. The summed E-state index contributed by atoms with van der Waals surface area (Å²) in [4.78, 5) is -0.0439. The number of nitrogens with two attached hydrogens (primary N) is 1. The molecule has 1 rings (SSSR count). The van der Waals surface area contributed by atoms with E-state index in [0.29, 0.717) is 5.02 Å². The normalized spacial score (nSPS) is 13.7. The smallest absolute Gasteiger partial charge is 0.242 e. The summed E-state index contributed by atoms with van der Waals surface area (Å²) in [7, 11) is -3.70. The van der Waals surface area contributed by atoms with E-state index in [1.807, 2.05) is 0 Å². The van der Waals surface area contributed by atoms with Gasteiger partial charge in [-0.05, 0) is 25.1 Å². The van der Waals surface area contributed by atoms with E-state index in [1.54, 1.807) is 0 Å². The molecule has 90 valence electrons. The molecule has 1 unspecified atom stereocenters. The van der Waals surface area contributed by atoms with Crippen molar-refractivity contribution < 1.29 is 13.5 Å². The second kappa shape index (κ2) is 5.01. The van der Waals surface area contributed by atoms with Crippen molar-refractivity contribution in [2.45, 2.75) is 17.9 Å². The number of hydrogen-bond acceptors (Lipinski definition) is 4. The molecule has 0 saturated heterocycles. The van der Waals surface area contributed by atoms with Crippen molar-refractivity contribution in [3.63, 3.8) is 0 Å². The third kappa shape index (κ3) is 3.34. The Balaban J connectivity index is 2.99. The largest absolute Gasteiger partial charge is 0.398 e. The van der Waals surface area contributed by atoms with Gasteiger partial charge >= 0.3 is 0 Å². The Morgan fingerprint density at radius 3 is 2.69 bits per heavy atom. The molecular formula is C9H13ClN2O3S. The predicted octanol–water partition coefficient (Wildman–Crippen LogP) is 0.581. The molecule has 1 aromatic rings. The van der Waals surface area contributed by atoms with Gasteiger partial charge in [-0.3, -0.25) is 0 Å². The molecule has 1 aromatic carbocycles. The zero-order chi connectivity index (χ0) is 12.3. The van der Waals surface area contributed by atoms with Crippen LogP contribution < -0.4 is 10.5 Å². The van der Waals surface area contributed by atoms with Crippen molar-refractivity contribution >= 4 is 27.3 Å². The first kappa shape index (κ1) is 13.2. The standard InChI is InChI=1S/C9H13ClN2O3S/c1-6(13)5-12-16(14,15)9-3-2-7(10)4-8(9)11/h2-4,6,12-13H,5,11H2,1H3. The van der Waals surface area contributed by atoms with Gasteiger partial charge in [0.05, 0.1) is 11.8 Å². The average Bonchev–Trinajstić information content (AvgIpc) is 2.14. The molecule has 7 heteroatoms. The number of nitrogens with one attached hydrogen (secondary N) is 1. The highest BCUT2D eigenvalue weighted by atomic mass is 35.5. The van der Waals surface area contributed by atoms with Gasteiger partial charge in [-0.1, -0.05) is 11.6 Å². The van der Waals surface area contributed by atoms with Gasteiger partial charge in [0.2, 0.25) is 10.0 Å². The highest BCUT2D eigenvalue weighted by Gasteiger charge is 2.17. The quantitative estimate of drug-likeness (QED) is 0.694. The fraction of sp³-hybridized carbons (Fsp3) is 0.333. The molecule has 0 heterocycles. The highest BCUT2D eigenvalue weighted by Crippen LogP contribution is 2.21. The van der Waals surface area contributed by atoms with Crippen LogP contribution in [-0.2, 0) is 10.0 Å². The van der Waals surface area contributed by atoms with Crippen molar-refractivity contribution in [1.82, 2.24) is 4.72 Å². The number of halogens is 1. The lowest BCUT2D eigenvalue weighted by atomic mass is 10.3. The van der Waals surface area contributed by atoms with Crippen LogP contribution in [0.3, 0.4) is 0 Å². The van der Waals surface area contributed by atoms with E-state index in [4.69, 9.17) is 22.4 Å². The maximum Gasteiger partial charge on any atom is 0.242 e. The van der Waals surface area contributed by atoms with Crippen LogP contribution in [0.1, 0.15) is 6.92 Å². The van der Waals surface area contributed by atoms with Crippen LogP contribution in [0.2, 0.25) is 5.02 Å². The summed E-state index contributed by atoms with van der Waals surface area (Å²) in [6, 6.07) is 4.12. The Bertz CT molecular complexity index is 474. The van der Waals surface area contributed by atoms with Gasteiger partial charge < -0.3 is 10.8 Å². The van der Waals surface area contributed by atoms with Gasteiger partial charge in [-0.2, -0.15) is 0 Å². The first-order valence-corrected chi connectivity index (χ1v) is 6.42. The maximum absolute atomic E-state index is 11.7. The molecule has 0 aliphatic rings. The molecule has 0 spiro atoms. The van der Waals surface area contributed by atoms with Crippen LogP contribution in [0.15, 0.2) is 23.1 Å². The Hall–Kier alpha value is -0.820. The first-order valence-electron chi connectivity index (χ1n) is 4.55. The Kier molecular flexibility index (Phi) is 4.15. The molecule has 1 atom stereocenters. The molecule has 0 radical (unpaired) electrons. The Labute approximate surface area is 99.3 Å². The number of nitrogen functional groups attached to an aromatic ring is 1. The lowest BCUT2D eigenvalue weighted by molar-refractivity contribution is 0.198. The lowest BCUT2D eigenvalue weighted by Crippen LogP contribution is -2.31. The summed E-state index contributed by atoms with van der Waals surface area (Å²) >= 11 is 5.66. The summed E-state index contributed by atoms with van der Waals surface area (Å²) in [5, 5.41) is 9.36. The van der Waals surface area contributed by atoms with Crippen molar-refractivity contribution in [1.29, 1.82) is 0 Å². The molecule has 0 bridgehead atoms. The molecule has 0 aliphatic carbocycles. The maximum atomic E-state index is 11.7. The van der Waals surface area contributed by atoms with Crippen LogP contribution in [0.4, 0.5) is 5.69 Å². The van der Waals surface area contributed by atoms with Crippen LogP contribution in [0.5, 0.6) is 0 Å². The van der Waals surface area contributed by atoms with Crippen LogP contribution in [-0.4, -0.2) is 26.2 Å². The SMILES string of the molecule is CC(O)CNS(=O)(=O)c1ccc(Cl)cc1N. The molecule has 16 heavy (non-hydrogen) atoms. The summed E-state index contributed by atoms with van der Waals surface area (Å²) < 4.78 is 25.7. The van der Waals surface area contributed by atoms with Crippen molar-refractivity contribution in [2.75, 3.05) is 12.3 Å². The van der Waals surface area contributed by atoms with Gasteiger partial charge in [0, 0.05) is 11.6 Å². The van der Waals surface area contributed by atoms with Crippen molar-refractivity contribution in [2.24, 2.45) is 0 Å². The van der Waals surface area contributed by atoms with Crippen LogP contribution in [0.25, 0.3) is 0 Å². The second-order valence-electron chi connectivity index (χ2n) is 3.38. The minimum Gasteiger partial charge on any atom is -0.398 e. The van der Waals surface area contributed by atoms with E-state index in [-0.39, 0.29) is 17.1 Å². The van der Waals surface area contributed by atoms with E-state index in [0.717, 1.165) is 0 Å². The zero-order valence-corrected chi connectivity index (χ0v) is 10.2. The van der Waals surface area contributed by atoms with E-state index in [2.05, 4.69) is 4.72 Å². The van der Waals surface area contributed by atoms with Gasteiger partial charge in [0.1, 0.15) is 4.90 Å². The highest BCUT2D eigenvalue weighted by molar-refractivity contribution is 7.89. The third-order valence-corrected chi connectivity index (χ3v) is 3.56. The number of sulfonamides is 1. The molecule has 5 nitrogen and oxygen atoms in total. The summed E-state index contributed by atoms with van der Waals surface area (Å²) in [6.45, 7) is 1.41. The molecular weight excluding hydrogens is 252 g/mol. The summed E-state index contributed by atoms with van der Waals surface area (Å²) in [5.74, 6) is 0. The minimum absolute atomic E-state index is 0.0439. The van der Waals surface area contributed by atoms with E-state index in [1.165, 1.54) is 25.1 Å². The van der Waals surface area contributed by atoms with Crippen LogP contribution >= 0.6 is 11.6 Å². The number of benzene rings is 1. The predicted molar refractivity (Wildman–Crippen MR) is 62.7 cm³/mol. The van der Waals surface area contributed by atoms with Crippen LogP contribution in [0, 0.1) is 0 Å². The fourth-order valence-electron chi connectivity index (χ4n) is 1.07. The minimum atomic E-state index is -3.70. The molecule has 0 saturated carbocycles. The first-order chi connectivity index (χ1) is 7.33. The number of aliphatic hydroxyl groups is 1.